The summed E-state index contributed by atoms with van der Waals surface area (Å²) in [5.74, 6) is 0.501. The number of halogens is 1. The standard InChI is InChI=1S/C20H23BrN4O4S/c1-29-18-6-2-16(3-7-18)14-22-23-20(26)15-24-10-12-25(13-11-24)30(27,28)19-8-4-17(21)5-9-19/h2-9,14H,10-13,15H2,1H3,(H,23,26)/b22-14-. The van der Waals surface area contributed by atoms with Gasteiger partial charge >= 0.3 is 0 Å². The number of nitrogens with one attached hydrogen (secondary N) is 1. The van der Waals surface area contributed by atoms with Crippen molar-refractivity contribution in [2.45, 2.75) is 4.90 Å². The molecule has 0 unspecified atom stereocenters. The van der Waals surface area contributed by atoms with Gasteiger partial charge < -0.3 is 4.74 Å². The molecule has 160 valence electrons. The van der Waals surface area contributed by atoms with Crippen molar-refractivity contribution < 1.29 is 17.9 Å². The Hall–Kier alpha value is -2.27. The van der Waals surface area contributed by atoms with Crippen LogP contribution in [0.5, 0.6) is 5.75 Å². The highest BCUT2D eigenvalue weighted by Crippen LogP contribution is 2.20. The van der Waals surface area contributed by atoms with Gasteiger partial charge in [-0.15, -0.1) is 0 Å². The molecule has 2 aromatic carbocycles. The van der Waals surface area contributed by atoms with Crippen LogP contribution >= 0.6 is 15.9 Å². The summed E-state index contributed by atoms with van der Waals surface area (Å²) < 4.78 is 32.8. The predicted molar refractivity (Wildman–Crippen MR) is 118 cm³/mol. The maximum absolute atomic E-state index is 12.7. The molecular formula is C20H23BrN4O4S. The second kappa shape index (κ2) is 10.2. The quantitative estimate of drug-likeness (QED) is 0.468. The highest BCUT2D eigenvalue weighted by Gasteiger charge is 2.28. The van der Waals surface area contributed by atoms with Gasteiger partial charge in [0.25, 0.3) is 5.91 Å². The molecule has 0 aromatic heterocycles. The number of hydrogen-bond acceptors (Lipinski definition) is 6. The summed E-state index contributed by atoms with van der Waals surface area (Å²) in [6, 6.07) is 13.9. The lowest BCUT2D eigenvalue weighted by Crippen LogP contribution is -2.50. The Balaban J connectivity index is 1.46. The number of hydrogen-bond donors (Lipinski definition) is 1. The Labute approximate surface area is 184 Å². The summed E-state index contributed by atoms with van der Waals surface area (Å²) in [6.07, 6.45) is 1.56. The number of sulfonamides is 1. The molecule has 0 aliphatic carbocycles. The minimum absolute atomic E-state index is 0.159. The van der Waals surface area contributed by atoms with E-state index in [9.17, 15) is 13.2 Å². The van der Waals surface area contributed by atoms with Crippen molar-refractivity contribution in [3.05, 3.63) is 58.6 Å². The Morgan fingerprint density at radius 2 is 1.73 bits per heavy atom. The third kappa shape index (κ3) is 5.88. The first-order chi connectivity index (χ1) is 14.4. The van der Waals surface area contributed by atoms with E-state index in [-0.39, 0.29) is 17.3 Å². The van der Waals surface area contributed by atoms with Gasteiger partial charge in [-0.2, -0.15) is 9.41 Å². The van der Waals surface area contributed by atoms with Gasteiger partial charge in [-0.3, -0.25) is 9.69 Å². The first-order valence-corrected chi connectivity index (χ1v) is 11.6. The van der Waals surface area contributed by atoms with Crippen molar-refractivity contribution >= 4 is 38.1 Å². The van der Waals surface area contributed by atoms with Gasteiger partial charge in [0.15, 0.2) is 0 Å². The molecule has 30 heavy (non-hydrogen) atoms. The lowest BCUT2D eigenvalue weighted by Gasteiger charge is -2.33. The van der Waals surface area contributed by atoms with Gasteiger partial charge in [0, 0.05) is 30.7 Å². The van der Waals surface area contributed by atoms with Gasteiger partial charge in [-0.05, 0) is 54.1 Å². The highest BCUT2D eigenvalue weighted by molar-refractivity contribution is 9.10. The molecule has 0 spiro atoms. The fourth-order valence-corrected chi connectivity index (χ4v) is 4.68. The number of rotatable bonds is 7. The van der Waals surface area contributed by atoms with E-state index in [0.29, 0.717) is 26.2 Å². The largest absolute Gasteiger partial charge is 0.497 e. The fourth-order valence-electron chi connectivity index (χ4n) is 2.99. The summed E-state index contributed by atoms with van der Waals surface area (Å²) in [6.45, 7) is 1.78. The number of ether oxygens (including phenoxy) is 1. The zero-order valence-corrected chi connectivity index (χ0v) is 18.9. The molecular weight excluding hydrogens is 472 g/mol. The van der Waals surface area contributed by atoms with Crippen LogP contribution < -0.4 is 10.2 Å². The van der Waals surface area contributed by atoms with Crippen LogP contribution in [0.1, 0.15) is 5.56 Å². The van der Waals surface area contributed by atoms with Crippen LogP contribution in [-0.2, 0) is 14.8 Å². The molecule has 1 saturated heterocycles. The number of methoxy groups -OCH3 is 1. The van der Waals surface area contributed by atoms with Gasteiger partial charge in [0.05, 0.1) is 24.8 Å². The predicted octanol–water partition coefficient (Wildman–Crippen LogP) is 1.91. The number of piperazine rings is 1. The van der Waals surface area contributed by atoms with E-state index in [1.54, 1.807) is 37.6 Å². The molecule has 3 rings (SSSR count). The normalized spacial score (nSPS) is 15.9. The first kappa shape index (κ1) is 22.4. The smallest absolute Gasteiger partial charge is 0.254 e. The molecule has 2 aromatic rings. The van der Waals surface area contributed by atoms with E-state index in [1.165, 1.54) is 4.31 Å². The summed E-state index contributed by atoms with van der Waals surface area (Å²) >= 11 is 3.31. The van der Waals surface area contributed by atoms with Crippen molar-refractivity contribution in [2.75, 3.05) is 39.8 Å². The van der Waals surface area contributed by atoms with Crippen LogP contribution in [0.2, 0.25) is 0 Å². The molecule has 0 bridgehead atoms. The summed E-state index contributed by atoms with van der Waals surface area (Å²) in [5, 5.41) is 3.96. The minimum atomic E-state index is -3.53. The third-order valence-corrected chi connectivity index (χ3v) is 7.11. The van der Waals surface area contributed by atoms with Gasteiger partial charge in [-0.1, -0.05) is 15.9 Å². The number of carbonyl (C=O) groups is 1. The molecule has 1 aliphatic rings. The number of benzene rings is 2. The van der Waals surface area contributed by atoms with Gasteiger partial charge in [-0.25, -0.2) is 13.8 Å². The zero-order chi connectivity index (χ0) is 21.6. The molecule has 0 saturated carbocycles. The van der Waals surface area contributed by atoms with Crippen LogP contribution in [0.3, 0.4) is 0 Å². The molecule has 1 N–H and O–H groups in total. The number of nitrogens with zero attached hydrogens (tertiary/aromatic N) is 3. The lowest BCUT2D eigenvalue weighted by molar-refractivity contribution is -0.122. The summed E-state index contributed by atoms with van der Waals surface area (Å²) in [4.78, 5) is 14.3. The monoisotopic (exact) mass is 494 g/mol. The van der Waals surface area contributed by atoms with Crippen molar-refractivity contribution in [3.63, 3.8) is 0 Å². The van der Waals surface area contributed by atoms with E-state index in [1.807, 2.05) is 29.2 Å². The zero-order valence-electron chi connectivity index (χ0n) is 16.5. The van der Waals surface area contributed by atoms with E-state index < -0.39 is 10.0 Å². The van der Waals surface area contributed by atoms with E-state index in [4.69, 9.17) is 4.74 Å². The Morgan fingerprint density at radius 1 is 1.10 bits per heavy atom. The maximum atomic E-state index is 12.7. The topological polar surface area (TPSA) is 91.3 Å². The van der Waals surface area contributed by atoms with Crippen molar-refractivity contribution in [2.24, 2.45) is 5.10 Å². The van der Waals surface area contributed by atoms with Crippen molar-refractivity contribution in [1.82, 2.24) is 14.6 Å². The maximum Gasteiger partial charge on any atom is 0.254 e. The van der Waals surface area contributed by atoms with E-state index in [2.05, 4.69) is 26.5 Å². The average Bonchev–Trinajstić information content (AvgIpc) is 2.75. The Kier molecular flexibility index (Phi) is 7.59. The first-order valence-electron chi connectivity index (χ1n) is 9.32. The van der Waals surface area contributed by atoms with Crippen LogP contribution in [-0.4, -0.2) is 69.6 Å². The van der Waals surface area contributed by atoms with Crippen LogP contribution in [0.4, 0.5) is 0 Å². The highest BCUT2D eigenvalue weighted by atomic mass is 79.9. The van der Waals surface area contributed by atoms with Crippen LogP contribution in [0.25, 0.3) is 0 Å². The molecule has 0 radical (unpaired) electrons. The lowest BCUT2D eigenvalue weighted by atomic mass is 10.2. The molecule has 10 heteroatoms. The Morgan fingerprint density at radius 3 is 2.33 bits per heavy atom. The van der Waals surface area contributed by atoms with Crippen molar-refractivity contribution in [3.8, 4) is 5.75 Å². The van der Waals surface area contributed by atoms with E-state index in [0.717, 1.165) is 15.8 Å². The van der Waals surface area contributed by atoms with Gasteiger partial charge in [0.2, 0.25) is 10.0 Å². The SMILES string of the molecule is COc1ccc(/C=N\NC(=O)CN2CCN(S(=O)(=O)c3ccc(Br)cc3)CC2)cc1. The molecule has 1 heterocycles. The van der Waals surface area contributed by atoms with Gasteiger partial charge in [0.1, 0.15) is 5.75 Å². The Bertz CT molecular complexity index is 986. The van der Waals surface area contributed by atoms with Crippen molar-refractivity contribution in [1.29, 1.82) is 0 Å². The fraction of sp³-hybridized carbons (Fsp3) is 0.300. The van der Waals surface area contributed by atoms with Crippen LogP contribution in [0, 0.1) is 0 Å². The molecule has 8 nitrogen and oxygen atoms in total. The number of amides is 1. The average molecular weight is 495 g/mol. The second-order valence-electron chi connectivity index (χ2n) is 6.70. The molecule has 1 aliphatic heterocycles. The molecule has 1 amide bonds. The molecule has 0 atom stereocenters. The summed E-state index contributed by atoms with van der Waals surface area (Å²) in [7, 11) is -1.93. The second-order valence-corrected chi connectivity index (χ2v) is 9.55. The number of hydrazone groups is 1. The number of carbonyl (C=O) groups excluding carboxylic acids is 1. The molecule has 1 fully saturated rings. The summed E-state index contributed by atoms with van der Waals surface area (Å²) in [5.41, 5.74) is 3.34. The van der Waals surface area contributed by atoms with Crippen LogP contribution in [0.15, 0.2) is 63.0 Å². The third-order valence-electron chi connectivity index (χ3n) is 4.67. The minimum Gasteiger partial charge on any atom is -0.497 e. The van der Waals surface area contributed by atoms with E-state index >= 15 is 0 Å².